The zero-order chi connectivity index (χ0) is 9.09. The van der Waals surface area contributed by atoms with Gasteiger partial charge >= 0.3 is 5.97 Å². The summed E-state index contributed by atoms with van der Waals surface area (Å²) in [6.45, 7) is 0. The lowest BCUT2D eigenvalue weighted by atomic mass is 10.1. The molecule has 2 aliphatic carbocycles. The van der Waals surface area contributed by atoms with Crippen molar-refractivity contribution in [1.29, 1.82) is 0 Å². The second-order valence-electron chi connectivity index (χ2n) is 3.31. The van der Waals surface area contributed by atoms with Crippen molar-refractivity contribution in [2.24, 2.45) is 11.8 Å². The lowest BCUT2D eigenvalue weighted by molar-refractivity contribution is -0.148. The van der Waals surface area contributed by atoms with Gasteiger partial charge in [0.15, 0.2) is 0 Å². The second-order valence-corrected chi connectivity index (χ2v) is 3.31. The molecule has 4 nitrogen and oxygen atoms in total. The summed E-state index contributed by atoms with van der Waals surface area (Å²) in [4.78, 5) is 21.2. The Bertz CT molecular complexity index is 277. The molecule has 12 heavy (non-hydrogen) atoms. The minimum atomic E-state index is -2.48. The van der Waals surface area contributed by atoms with Crippen molar-refractivity contribution in [3.63, 3.8) is 0 Å². The van der Waals surface area contributed by atoms with Crippen LogP contribution < -0.4 is 0 Å². The number of fused-ring (bicyclic) bond motifs is 1. The molecule has 0 saturated heterocycles. The van der Waals surface area contributed by atoms with Gasteiger partial charge in [0, 0.05) is 12.3 Å². The minimum Gasteiger partial charge on any atom is -0.479 e. The van der Waals surface area contributed by atoms with Gasteiger partial charge in [-0.1, -0.05) is 0 Å². The molecule has 5 heteroatoms. The number of rotatable bonds is 1. The van der Waals surface area contributed by atoms with Gasteiger partial charge in [-0.2, -0.15) is 0 Å². The molecule has 0 aromatic rings. The van der Waals surface area contributed by atoms with E-state index in [2.05, 4.69) is 0 Å². The van der Waals surface area contributed by atoms with Gasteiger partial charge in [0.05, 0.1) is 12.0 Å². The highest BCUT2D eigenvalue weighted by Crippen LogP contribution is 2.61. The van der Waals surface area contributed by atoms with E-state index in [0.717, 1.165) is 0 Å². The summed E-state index contributed by atoms with van der Waals surface area (Å²) >= 11 is 0. The van der Waals surface area contributed by atoms with Crippen molar-refractivity contribution in [1.82, 2.24) is 0 Å². The molecular weight excluding hydrogens is 167 g/mol. The van der Waals surface area contributed by atoms with E-state index in [4.69, 9.17) is 10.2 Å². The first-order valence-corrected chi connectivity index (χ1v) is 3.62. The quantitative estimate of drug-likeness (QED) is 0.554. The zero-order valence-corrected chi connectivity index (χ0v) is 6.03. The molecule has 0 aliphatic heterocycles. The average Bonchev–Trinajstić information content (AvgIpc) is 2.46. The summed E-state index contributed by atoms with van der Waals surface area (Å²) in [5, 5.41) is 17.5. The number of aliphatic hydroxyl groups is 1. The van der Waals surface area contributed by atoms with Crippen LogP contribution in [0.3, 0.4) is 0 Å². The maximum absolute atomic E-state index is 13.3. The summed E-state index contributed by atoms with van der Waals surface area (Å²) in [6, 6.07) is 0. The van der Waals surface area contributed by atoms with Gasteiger partial charge in [-0.05, 0) is 0 Å². The van der Waals surface area contributed by atoms with Crippen LogP contribution in [0.25, 0.3) is 0 Å². The highest BCUT2D eigenvalue weighted by Gasteiger charge is 2.80. The fourth-order valence-electron chi connectivity index (χ4n) is 2.05. The first kappa shape index (κ1) is 7.67. The molecule has 0 bridgehead atoms. The van der Waals surface area contributed by atoms with Crippen LogP contribution in [0.1, 0.15) is 6.42 Å². The lowest BCUT2D eigenvalue weighted by Gasteiger charge is -2.08. The lowest BCUT2D eigenvalue weighted by Crippen LogP contribution is -2.29. The van der Waals surface area contributed by atoms with Gasteiger partial charge in [0.2, 0.25) is 5.67 Å². The number of carbonyl (C=O) groups is 2. The fraction of sp³-hybridized carbons (Fsp3) is 0.714. The Kier molecular flexibility index (Phi) is 1.18. The third-order valence-corrected chi connectivity index (χ3v) is 2.69. The van der Waals surface area contributed by atoms with E-state index in [1.807, 2.05) is 0 Å². The van der Waals surface area contributed by atoms with Crippen molar-refractivity contribution in [2.45, 2.75) is 18.2 Å². The topological polar surface area (TPSA) is 74.6 Å². The molecule has 4 unspecified atom stereocenters. The molecule has 0 aromatic carbocycles. The number of hydrogen-bond acceptors (Lipinski definition) is 3. The molecule has 4 atom stereocenters. The van der Waals surface area contributed by atoms with E-state index < -0.39 is 35.4 Å². The van der Waals surface area contributed by atoms with Crippen LogP contribution in [0.4, 0.5) is 4.39 Å². The molecule has 2 rings (SSSR count). The van der Waals surface area contributed by atoms with Crippen LogP contribution in [0, 0.1) is 11.8 Å². The Morgan fingerprint density at radius 1 is 1.67 bits per heavy atom. The molecule has 66 valence electrons. The molecule has 0 aromatic heterocycles. The minimum absolute atomic E-state index is 0.103. The number of carboxylic acid groups (broad SMARTS) is 1. The Morgan fingerprint density at radius 3 is 2.50 bits per heavy atom. The zero-order valence-electron chi connectivity index (χ0n) is 6.03. The van der Waals surface area contributed by atoms with Crippen LogP contribution in [-0.2, 0) is 9.59 Å². The van der Waals surface area contributed by atoms with Gasteiger partial charge in [-0.25, -0.2) is 9.18 Å². The number of ketones is 1. The summed E-state index contributed by atoms with van der Waals surface area (Å²) < 4.78 is 13.3. The number of aliphatic hydroxyl groups excluding tert-OH is 1. The maximum Gasteiger partial charge on any atom is 0.342 e. The molecule has 0 radical (unpaired) electrons. The van der Waals surface area contributed by atoms with Crippen LogP contribution in [0.5, 0.6) is 0 Å². The molecule has 0 heterocycles. The summed E-state index contributed by atoms with van der Waals surface area (Å²) in [5.74, 6) is -4.20. The van der Waals surface area contributed by atoms with Crippen molar-refractivity contribution in [3.05, 3.63) is 0 Å². The fourth-order valence-corrected chi connectivity index (χ4v) is 2.05. The molecule has 2 aliphatic rings. The largest absolute Gasteiger partial charge is 0.479 e. The number of Topliss-reactive ketones (excluding diaryl/α,β-unsaturated/α-hetero) is 1. The highest BCUT2D eigenvalue weighted by molar-refractivity contribution is 6.00. The summed E-state index contributed by atoms with van der Waals surface area (Å²) in [5.41, 5.74) is -2.48. The number of alkyl halides is 1. The molecule has 0 amide bonds. The monoisotopic (exact) mass is 174 g/mol. The standard InChI is InChI=1S/C7H7FO4/c8-7(6(11)12)4-2(9)1-3(10)5(4)7/h2,4-5,9H,1H2,(H,11,12). The predicted octanol–water partition coefficient (Wildman–Crippen LogP) is -0.641. The van der Waals surface area contributed by atoms with E-state index in [0.29, 0.717) is 0 Å². The van der Waals surface area contributed by atoms with E-state index >= 15 is 0 Å². The first-order chi connectivity index (χ1) is 5.49. The maximum atomic E-state index is 13.3. The Balaban J connectivity index is 2.29. The molecule has 2 fully saturated rings. The third-order valence-electron chi connectivity index (χ3n) is 2.69. The van der Waals surface area contributed by atoms with E-state index in [-0.39, 0.29) is 6.42 Å². The highest BCUT2D eigenvalue weighted by atomic mass is 19.1. The van der Waals surface area contributed by atoms with Gasteiger partial charge in [0.25, 0.3) is 0 Å². The molecule has 2 saturated carbocycles. The number of carbonyl (C=O) groups excluding carboxylic acids is 1. The predicted molar refractivity (Wildman–Crippen MR) is 34.1 cm³/mol. The number of halogens is 1. The smallest absolute Gasteiger partial charge is 0.342 e. The first-order valence-electron chi connectivity index (χ1n) is 3.62. The summed E-state index contributed by atoms with van der Waals surface area (Å²) in [6.07, 6.45) is -1.21. The number of hydrogen-bond donors (Lipinski definition) is 2. The normalized spacial score (nSPS) is 50.5. The van der Waals surface area contributed by atoms with Gasteiger partial charge < -0.3 is 10.2 Å². The van der Waals surface area contributed by atoms with Gasteiger partial charge in [0.1, 0.15) is 5.78 Å². The van der Waals surface area contributed by atoms with Crippen molar-refractivity contribution < 1.29 is 24.2 Å². The second kappa shape index (κ2) is 1.85. The van der Waals surface area contributed by atoms with Crippen molar-refractivity contribution in [3.8, 4) is 0 Å². The summed E-state index contributed by atoms with van der Waals surface area (Å²) in [7, 11) is 0. The molecular formula is C7H7FO4. The van der Waals surface area contributed by atoms with E-state index in [1.54, 1.807) is 0 Å². The Hall–Kier alpha value is -0.970. The van der Waals surface area contributed by atoms with Crippen LogP contribution in [0.2, 0.25) is 0 Å². The SMILES string of the molecule is O=C1CC(O)C2C1C2(F)C(=O)O. The number of carboxylic acids is 1. The third kappa shape index (κ3) is 0.605. The average molecular weight is 174 g/mol. The van der Waals surface area contributed by atoms with Gasteiger partial charge in [-0.3, -0.25) is 4.79 Å². The molecule has 2 N–H and O–H groups in total. The van der Waals surface area contributed by atoms with E-state index in [9.17, 15) is 14.0 Å². The van der Waals surface area contributed by atoms with Crippen LogP contribution in [-0.4, -0.2) is 33.7 Å². The van der Waals surface area contributed by atoms with Crippen molar-refractivity contribution >= 4 is 11.8 Å². The van der Waals surface area contributed by atoms with Crippen molar-refractivity contribution in [2.75, 3.05) is 0 Å². The van der Waals surface area contributed by atoms with Crippen LogP contribution >= 0.6 is 0 Å². The molecule has 0 spiro atoms. The van der Waals surface area contributed by atoms with Crippen LogP contribution in [0.15, 0.2) is 0 Å². The Labute approximate surface area is 67.0 Å². The number of aliphatic carboxylic acids is 1. The Morgan fingerprint density at radius 2 is 2.25 bits per heavy atom. The van der Waals surface area contributed by atoms with E-state index in [1.165, 1.54) is 0 Å². The van der Waals surface area contributed by atoms with Gasteiger partial charge in [-0.15, -0.1) is 0 Å².